The molecule has 0 aromatic carbocycles. The monoisotopic (exact) mass is 270 g/mol. The number of carboxylic acid groups (broad SMARTS) is 1. The Kier molecular flexibility index (Phi) is 6.40. The van der Waals surface area contributed by atoms with Gasteiger partial charge in [0.05, 0.1) is 5.41 Å². The van der Waals surface area contributed by atoms with Crippen LogP contribution < -0.4 is 0 Å². The number of Topliss-reactive ketones (excluding diaryl/α,β-unsaturated/α-hetero) is 2. The van der Waals surface area contributed by atoms with Crippen LogP contribution in [0.4, 0.5) is 0 Å². The minimum absolute atomic E-state index is 0.0203. The smallest absolute Gasteiger partial charge is 0.309 e. The molecule has 0 rings (SSSR count). The molecular weight excluding hydrogens is 244 g/mol. The van der Waals surface area contributed by atoms with Crippen LogP contribution in [0.1, 0.15) is 66.7 Å². The van der Waals surface area contributed by atoms with Gasteiger partial charge in [-0.3, -0.25) is 14.4 Å². The van der Waals surface area contributed by atoms with Crippen LogP contribution in [0.3, 0.4) is 0 Å². The topological polar surface area (TPSA) is 71.4 Å². The number of carbonyl (C=O) groups excluding carboxylic acids is 2. The molecule has 0 saturated heterocycles. The van der Waals surface area contributed by atoms with Crippen molar-refractivity contribution in [1.82, 2.24) is 0 Å². The highest BCUT2D eigenvalue weighted by Crippen LogP contribution is 2.26. The molecule has 0 aromatic rings. The Balaban J connectivity index is 4.01. The van der Waals surface area contributed by atoms with Gasteiger partial charge in [-0.2, -0.15) is 0 Å². The number of rotatable bonds is 9. The normalized spacial score (nSPS) is 12.3. The quantitative estimate of drug-likeness (QED) is 0.653. The lowest BCUT2D eigenvalue weighted by Gasteiger charge is -2.21. The average molecular weight is 270 g/mol. The van der Waals surface area contributed by atoms with Crippen LogP contribution in [0.15, 0.2) is 0 Å². The van der Waals surface area contributed by atoms with E-state index in [9.17, 15) is 14.4 Å². The number of unbranched alkanes of at least 4 members (excludes halogenated alkanes) is 1. The maximum absolute atomic E-state index is 11.7. The van der Waals surface area contributed by atoms with Crippen molar-refractivity contribution in [2.45, 2.75) is 66.7 Å². The SMILES string of the molecule is CC(=O)C(C)(C)CCCCC(=O)CC(C)(C)C(=O)O. The van der Waals surface area contributed by atoms with Crippen molar-refractivity contribution in [3.63, 3.8) is 0 Å². The van der Waals surface area contributed by atoms with Crippen LogP contribution in [-0.4, -0.2) is 22.6 Å². The van der Waals surface area contributed by atoms with Crippen LogP contribution in [-0.2, 0) is 14.4 Å². The average Bonchev–Trinajstić information content (AvgIpc) is 2.23. The van der Waals surface area contributed by atoms with Crippen molar-refractivity contribution in [2.75, 3.05) is 0 Å². The molecule has 0 spiro atoms. The third-order valence-electron chi connectivity index (χ3n) is 3.68. The molecule has 0 aliphatic heterocycles. The summed E-state index contributed by atoms with van der Waals surface area (Å²) >= 11 is 0. The Labute approximate surface area is 115 Å². The lowest BCUT2D eigenvalue weighted by Crippen LogP contribution is -2.27. The standard InChI is InChI=1S/C15H26O4/c1-11(16)14(2,3)9-7-6-8-12(17)10-15(4,5)13(18)19/h6-10H2,1-5H3,(H,18,19). The molecule has 0 saturated carbocycles. The molecule has 19 heavy (non-hydrogen) atoms. The lowest BCUT2D eigenvalue weighted by atomic mass is 9.82. The number of carboxylic acids is 1. The first kappa shape index (κ1) is 17.8. The molecule has 0 aliphatic carbocycles. The van der Waals surface area contributed by atoms with Crippen molar-refractivity contribution >= 4 is 17.5 Å². The van der Waals surface area contributed by atoms with Gasteiger partial charge in [-0.25, -0.2) is 0 Å². The second-order valence-electron chi connectivity index (χ2n) is 6.55. The zero-order valence-electron chi connectivity index (χ0n) is 12.7. The van der Waals surface area contributed by atoms with Crippen molar-refractivity contribution < 1.29 is 19.5 Å². The van der Waals surface area contributed by atoms with E-state index in [1.165, 1.54) is 0 Å². The molecule has 4 nitrogen and oxygen atoms in total. The van der Waals surface area contributed by atoms with E-state index >= 15 is 0 Å². The van der Waals surface area contributed by atoms with Gasteiger partial charge in [0.25, 0.3) is 0 Å². The van der Waals surface area contributed by atoms with Gasteiger partial charge in [0.1, 0.15) is 11.6 Å². The molecule has 0 aromatic heterocycles. The Bertz CT molecular complexity index is 353. The number of carbonyl (C=O) groups is 3. The van der Waals surface area contributed by atoms with E-state index in [0.29, 0.717) is 12.8 Å². The van der Waals surface area contributed by atoms with E-state index in [0.717, 1.165) is 12.8 Å². The predicted molar refractivity (Wildman–Crippen MR) is 74.0 cm³/mol. The fraction of sp³-hybridized carbons (Fsp3) is 0.800. The highest BCUT2D eigenvalue weighted by Gasteiger charge is 2.29. The predicted octanol–water partition coefficient (Wildman–Crippen LogP) is 3.23. The number of hydrogen-bond donors (Lipinski definition) is 1. The molecule has 0 bridgehead atoms. The van der Waals surface area contributed by atoms with Gasteiger partial charge in [-0.1, -0.05) is 20.3 Å². The minimum Gasteiger partial charge on any atom is -0.481 e. The van der Waals surface area contributed by atoms with Crippen molar-refractivity contribution in [2.24, 2.45) is 10.8 Å². The highest BCUT2D eigenvalue weighted by molar-refractivity contribution is 5.85. The lowest BCUT2D eigenvalue weighted by molar-refractivity contribution is -0.149. The maximum Gasteiger partial charge on any atom is 0.309 e. The largest absolute Gasteiger partial charge is 0.481 e. The summed E-state index contributed by atoms with van der Waals surface area (Å²) in [5.41, 5.74) is -1.32. The van der Waals surface area contributed by atoms with Gasteiger partial charge < -0.3 is 5.11 Å². The third-order valence-corrected chi connectivity index (χ3v) is 3.68. The van der Waals surface area contributed by atoms with Crippen molar-refractivity contribution in [3.05, 3.63) is 0 Å². The Morgan fingerprint density at radius 3 is 1.89 bits per heavy atom. The van der Waals surface area contributed by atoms with E-state index in [-0.39, 0.29) is 23.4 Å². The van der Waals surface area contributed by atoms with Gasteiger partial charge in [-0.05, 0) is 33.6 Å². The summed E-state index contributed by atoms with van der Waals surface area (Å²) in [6.45, 7) is 8.52. The first-order valence-electron chi connectivity index (χ1n) is 6.75. The molecule has 0 atom stereocenters. The number of ketones is 2. The summed E-state index contributed by atoms with van der Waals surface area (Å²) in [4.78, 5) is 33.9. The van der Waals surface area contributed by atoms with Crippen LogP contribution in [0, 0.1) is 10.8 Å². The minimum atomic E-state index is -0.990. The fourth-order valence-electron chi connectivity index (χ4n) is 1.72. The first-order chi connectivity index (χ1) is 8.49. The summed E-state index contributed by atoms with van der Waals surface area (Å²) in [5, 5.41) is 8.94. The molecule has 0 radical (unpaired) electrons. The van der Waals surface area contributed by atoms with E-state index in [1.54, 1.807) is 20.8 Å². The molecule has 0 fully saturated rings. The van der Waals surface area contributed by atoms with Gasteiger partial charge >= 0.3 is 5.97 Å². The van der Waals surface area contributed by atoms with Gasteiger partial charge in [0.2, 0.25) is 0 Å². The summed E-state index contributed by atoms with van der Waals surface area (Å²) < 4.78 is 0. The molecule has 4 heteroatoms. The van der Waals surface area contributed by atoms with Gasteiger partial charge in [-0.15, -0.1) is 0 Å². The molecule has 1 N–H and O–H groups in total. The van der Waals surface area contributed by atoms with E-state index in [1.807, 2.05) is 13.8 Å². The van der Waals surface area contributed by atoms with Crippen LogP contribution in [0.5, 0.6) is 0 Å². The van der Waals surface area contributed by atoms with E-state index in [2.05, 4.69) is 0 Å². The second-order valence-corrected chi connectivity index (χ2v) is 6.55. The van der Waals surface area contributed by atoms with E-state index < -0.39 is 11.4 Å². The Morgan fingerprint density at radius 1 is 0.947 bits per heavy atom. The van der Waals surface area contributed by atoms with Crippen LogP contribution >= 0.6 is 0 Å². The summed E-state index contributed by atoms with van der Waals surface area (Å²) in [6, 6.07) is 0. The Morgan fingerprint density at radius 2 is 1.47 bits per heavy atom. The molecular formula is C15H26O4. The van der Waals surface area contributed by atoms with Crippen molar-refractivity contribution in [3.8, 4) is 0 Å². The molecule has 0 unspecified atom stereocenters. The molecule has 0 aliphatic rings. The van der Waals surface area contributed by atoms with Gasteiger partial charge in [0, 0.05) is 18.3 Å². The Hall–Kier alpha value is -1.19. The third kappa shape index (κ3) is 6.50. The van der Waals surface area contributed by atoms with Crippen LogP contribution in [0.2, 0.25) is 0 Å². The highest BCUT2D eigenvalue weighted by atomic mass is 16.4. The first-order valence-corrected chi connectivity index (χ1v) is 6.75. The van der Waals surface area contributed by atoms with E-state index in [4.69, 9.17) is 5.11 Å². The molecule has 0 heterocycles. The van der Waals surface area contributed by atoms with Gasteiger partial charge in [0.15, 0.2) is 0 Å². The zero-order chi connectivity index (χ0) is 15.3. The summed E-state index contributed by atoms with van der Waals surface area (Å²) in [6.07, 6.45) is 2.75. The van der Waals surface area contributed by atoms with Crippen molar-refractivity contribution in [1.29, 1.82) is 0 Å². The maximum atomic E-state index is 11.7. The number of aliphatic carboxylic acids is 1. The second kappa shape index (κ2) is 6.83. The zero-order valence-corrected chi connectivity index (χ0v) is 12.7. The van der Waals surface area contributed by atoms with Crippen LogP contribution in [0.25, 0.3) is 0 Å². The summed E-state index contributed by atoms with van der Waals surface area (Å²) in [7, 11) is 0. The number of hydrogen-bond acceptors (Lipinski definition) is 3. The molecule has 110 valence electrons. The summed E-state index contributed by atoms with van der Waals surface area (Å²) in [5.74, 6) is -0.808. The molecule has 0 amide bonds. The fourth-order valence-corrected chi connectivity index (χ4v) is 1.72.